The molecule has 1 aromatic carbocycles. The van der Waals surface area contributed by atoms with Crippen LogP contribution in [0.15, 0.2) is 24.3 Å². The summed E-state index contributed by atoms with van der Waals surface area (Å²) in [6, 6.07) is 7.14. The largest absolute Gasteiger partial charge is 0.385 e. The van der Waals surface area contributed by atoms with Crippen molar-refractivity contribution in [3.05, 3.63) is 34.9 Å². The standard InChI is InChI=1S/C17H25ClN2O3/c1-12(13(2)23-3)19-16(21)20-10-8-17(22,9-11-20)14-6-4-5-7-15(14)18/h4-7,12-13,22H,8-11H2,1-3H3,(H,19,21)/t12-,13+/m0/s1. The number of methoxy groups -OCH3 is 1. The fraction of sp³-hybridized carbons (Fsp3) is 0.588. The molecule has 0 aromatic heterocycles. The molecule has 1 saturated heterocycles. The number of carbonyl (C=O) groups is 1. The van der Waals surface area contributed by atoms with E-state index < -0.39 is 5.60 Å². The zero-order chi connectivity index (χ0) is 17.0. The van der Waals surface area contributed by atoms with E-state index >= 15 is 0 Å². The van der Waals surface area contributed by atoms with Gasteiger partial charge in [-0.25, -0.2) is 4.79 Å². The number of aliphatic hydroxyl groups is 1. The van der Waals surface area contributed by atoms with Crippen LogP contribution in [-0.4, -0.2) is 48.4 Å². The van der Waals surface area contributed by atoms with Crippen molar-refractivity contribution in [3.8, 4) is 0 Å². The van der Waals surface area contributed by atoms with Crippen molar-refractivity contribution in [2.45, 2.75) is 44.4 Å². The lowest BCUT2D eigenvalue weighted by Gasteiger charge is -2.39. The second-order valence-electron chi connectivity index (χ2n) is 6.18. The van der Waals surface area contributed by atoms with Gasteiger partial charge in [-0.1, -0.05) is 29.8 Å². The summed E-state index contributed by atoms with van der Waals surface area (Å²) in [5.41, 5.74) is -0.233. The molecule has 2 rings (SSSR count). The minimum atomic E-state index is -0.972. The average Bonchev–Trinajstić information content (AvgIpc) is 2.54. The van der Waals surface area contributed by atoms with Gasteiger partial charge in [0.15, 0.2) is 0 Å². The van der Waals surface area contributed by atoms with Crippen LogP contribution in [0.4, 0.5) is 4.79 Å². The Kier molecular flexibility index (Phi) is 5.89. The number of benzene rings is 1. The van der Waals surface area contributed by atoms with Crippen LogP contribution in [-0.2, 0) is 10.3 Å². The van der Waals surface area contributed by atoms with Crippen LogP contribution in [0, 0.1) is 0 Å². The Balaban J connectivity index is 1.96. The van der Waals surface area contributed by atoms with Gasteiger partial charge in [0, 0.05) is 30.8 Å². The Morgan fingerprint density at radius 1 is 1.35 bits per heavy atom. The highest BCUT2D eigenvalue weighted by molar-refractivity contribution is 6.31. The number of hydrogen-bond donors (Lipinski definition) is 2. The summed E-state index contributed by atoms with van der Waals surface area (Å²) in [4.78, 5) is 14.0. The van der Waals surface area contributed by atoms with E-state index in [-0.39, 0.29) is 18.2 Å². The maximum absolute atomic E-state index is 12.3. The van der Waals surface area contributed by atoms with Crippen molar-refractivity contribution in [1.82, 2.24) is 10.2 Å². The van der Waals surface area contributed by atoms with Crippen molar-refractivity contribution >= 4 is 17.6 Å². The molecule has 0 unspecified atom stereocenters. The van der Waals surface area contributed by atoms with Gasteiger partial charge < -0.3 is 20.1 Å². The van der Waals surface area contributed by atoms with Crippen LogP contribution in [0.3, 0.4) is 0 Å². The first-order valence-corrected chi connectivity index (χ1v) is 8.31. The molecule has 0 bridgehead atoms. The van der Waals surface area contributed by atoms with E-state index in [1.165, 1.54) is 0 Å². The number of halogens is 1. The lowest BCUT2D eigenvalue weighted by atomic mass is 9.84. The van der Waals surface area contributed by atoms with Gasteiger partial charge in [0.2, 0.25) is 0 Å². The number of urea groups is 1. The average molecular weight is 341 g/mol. The molecule has 23 heavy (non-hydrogen) atoms. The third-order valence-electron chi connectivity index (χ3n) is 4.68. The molecular weight excluding hydrogens is 316 g/mol. The third kappa shape index (κ3) is 4.16. The van der Waals surface area contributed by atoms with Gasteiger partial charge in [-0.15, -0.1) is 0 Å². The Hall–Kier alpha value is -1.30. The third-order valence-corrected chi connectivity index (χ3v) is 5.01. The Morgan fingerprint density at radius 2 is 1.96 bits per heavy atom. The molecular formula is C17H25ClN2O3. The summed E-state index contributed by atoms with van der Waals surface area (Å²) >= 11 is 6.20. The summed E-state index contributed by atoms with van der Waals surface area (Å²) in [7, 11) is 1.62. The smallest absolute Gasteiger partial charge is 0.317 e. The number of ether oxygens (including phenoxy) is 1. The van der Waals surface area contributed by atoms with E-state index in [0.29, 0.717) is 31.0 Å². The Morgan fingerprint density at radius 3 is 2.52 bits per heavy atom. The van der Waals surface area contributed by atoms with Crippen molar-refractivity contribution in [2.24, 2.45) is 0 Å². The van der Waals surface area contributed by atoms with Gasteiger partial charge in [-0.2, -0.15) is 0 Å². The molecule has 1 fully saturated rings. The second kappa shape index (κ2) is 7.51. The number of nitrogens with zero attached hydrogens (tertiary/aromatic N) is 1. The number of piperidine rings is 1. The van der Waals surface area contributed by atoms with Crippen LogP contribution in [0.25, 0.3) is 0 Å². The fourth-order valence-corrected chi connectivity index (χ4v) is 3.11. The van der Waals surface area contributed by atoms with Gasteiger partial charge in [0.1, 0.15) is 0 Å². The van der Waals surface area contributed by atoms with Crippen LogP contribution >= 0.6 is 11.6 Å². The molecule has 128 valence electrons. The summed E-state index contributed by atoms with van der Waals surface area (Å²) < 4.78 is 5.22. The lowest BCUT2D eigenvalue weighted by molar-refractivity contribution is -0.0174. The van der Waals surface area contributed by atoms with Crippen LogP contribution in [0.5, 0.6) is 0 Å². The number of rotatable bonds is 4. The van der Waals surface area contributed by atoms with Crippen LogP contribution in [0.1, 0.15) is 32.3 Å². The highest BCUT2D eigenvalue weighted by atomic mass is 35.5. The molecule has 2 N–H and O–H groups in total. The van der Waals surface area contributed by atoms with E-state index in [2.05, 4.69) is 5.32 Å². The van der Waals surface area contributed by atoms with Crippen molar-refractivity contribution in [1.29, 1.82) is 0 Å². The first kappa shape index (κ1) is 18.0. The van der Waals surface area contributed by atoms with Gasteiger partial charge in [0.25, 0.3) is 0 Å². The molecule has 1 heterocycles. The first-order chi connectivity index (χ1) is 10.9. The minimum absolute atomic E-state index is 0.0520. The highest BCUT2D eigenvalue weighted by Gasteiger charge is 2.37. The van der Waals surface area contributed by atoms with E-state index in [0.717, 1.165) is 5.56 Å². The summed E-state index contributed by atoms with van der Waals surface area (Å²) in [6.45, 7) is 4.80. The molecule has 0 radical (unpaired) electrons. The number of amides is 2. The molecule has 1 aliphatic rings. The first-order valence-electron chi connectivity index (χ1n) is 7.93. The van der Waals surface area contributed by atoms with Gasteiger partial charge in [-0.05, 0) is 32.8 Å². The molecule has 0 spiro atoms. The molecule has 0 aliphatic carbocycles. The number of nitrogens with one attached hydrogen (secondary N) is 1. The highest BCUT2D eigenvalue weighted by Crippen LogP contribution is 2.36. The van der Waals surface area contributed by atoms with E-state index in [4.69, 9.17) is 16.3 Å². The second-order valence-corrected chi connectivity index (χ2v) is 6.58. The molecule has 0 saturated carbocycles. The van der Waals surface area contributed by atoms with Gasteiger partial charge in [-0.3, -0.25) is 0 Å². The predicted octanol–water partition coefficient (Wildman–Crippen LogP) is 2.76. The quantitative estimate of drug-likeness (QED) is 0.886. The molecule has 1 aromatic rings. The van der Waals surface area contributed by atoms with Crippen molar-refractivity contribution in [3.63, 3.8) is 0 Å². The van der Waals surface area contributed by atoms with Crippen LogP contribution in [0.2, 0.25) is 5.02 Å². The zero-order valence-corrected chi connectivity index (χ0v) is 14.6. The summed E-state index contributed by atoms with van der Waals surface area (Å²) in [5.74, 6) is 0. The van der Waals surface area contributed by atoms with Crippen molar-refractivity contribution in [2.75, 3.05) is 20.2 Å². The van der Waals surface area contributed by atoms with E-state index in [1.54, 1.807) is 18.1 Å². The van der Waals surface area contributed by atoms with Crippen molar-refractivity contribution < 1.29 is 14.6 Å². The minimum Gasteiger partial charge on any atom is -0.385 e. The molecule has 5 nitrogen and oxygen atoms in total. The monoisotopic (exact) mass is 340 g/mol. The number of hydrogen-bond acceptors (Lipinski definition) is 3. The molecule has 2 atom stereocenters. The van der Waals surface area contributed by atoms with Gasteiger partial charge in [0.05, 0.1) is 17.7 Å². The Labute approximate surface area is 142 Å². The zero-order valence-electron chi connectivity index (χ0n) is 13.9. The van der Waals surface area contributed by atoms with Gasteiger partial charge >= 0.3 is 6.03 Å². The summed E-state index contributed by atoms with van der Waals surface area (Å²) in [6.07, 6.45) is 0.889. The molecule has 1 aliphatic heterocycles. The maximum Gasteiger partial charge on any atom is 0.317 e. The number of carbonyl (C=O) groups excluding carboxylic acids is 1. The summed E-state index contributed by atoms with van der Waals surface area (Å²) in [5, 5.41) is 14.4. The normalized spacial score (nSPS) is 20.0. The lowest BCUT2D eigenvalue weighted by Crippen LogP contribution is -2.52. The maximum atomic E-state index is 12.3. The number of likely N-dealkylation sites (tertiary alicyclic amines) is 1. The van der Waals surface area contributed by atoms with Crippen LogP contribution < -0.4 is 5.32 Å². The SMILES string of the molecule is CO[C@H](C)[C@H](C)NC(=O)N1CCC(O)(c2ccccc2Cl)CC1. The molecule has 6 heteroatoms. The fourth-order valence-electron chi connectivity index (χ4n) is 2.80. The Bertz CT molecular complexity index is 544. The predicted molar refractivity (Wildman–Crippen MR) is 90.6 cm³/mol. The van der Waals surface area contributed by atoms with E-state index in [1.807, 2.05) is 32.0 Å². The topological polar surface area (TPSA) is 61.8 Å². The van der Waals surface area contributed by atoms with E-state index in [9.17, 15) is 9.90 Å². The molecule has 2 amide bonds.